The Hall–Kier alpha value is -4.45. The Morgan fingerprint density at radius 2 is 1.67 bits per heavy atom. The van der Waals surface area contributed by atoms with Gasteiger partial charge in [-0.25, -0.2) is 0 Å². The fraction of sp³-hybridized carbons (Fsp3) is 0.370. The molecule has 3 unspecified atom stereocenters. The van der Waals surface area contributed by atoms with Crippen LogP contribution in [-0.2, 0) is 36.8 Å². The average molecular weight is 539 g/mol. The minimum Gasteiger partial charge on any atom is -0.508 e. The van der Waals surface area contributed by atoms with E-state index in [9.17, 15) is 29.1 Å². The van der Waals surface area contributed by atoms with Crippen LogP contribution in [0, 0.1) is 0 Å². The largest absolute Gasteiger partial charge is 0.508 e. The molecule has 2 aromatic carbocycles. The highest BCUT2D eigenvalue weighted by atomic mass is 16.3. The zero-order valence-corrected chi connectivity index (χ0v) is 21.4. The minimum absolute atomic E-state index is 0.0692. The molecule has 9 N–H and O–H groups in total. The van der Waals surface area contributed by atoms with Crippen LogP contribution in [0.25, 0.3) is 0 Å². The van der Waals surface area contributed by atoms with Crippen molar-refractivity contribution in [1.82, 2.24) is 21.3 Å². The van der Waals surface area contributed by atoms with Crippen molar-refractivity contribution in [3.05, 3.63) is 65.7 Å². The van der Waals surface area contributed by atoms with Gasteiger partial charge in [0, 0.05) is 13.0 Å². The molecule has 0 radical (unpaired) electrons. The highest BCUT2D eigenvalue weighted by Gasteiger charge is 2.32. The molecule has 4 atom stereocenters. The first-order valence-electron chi connectivity index (χ1n) is 12.7. The van der Waals surface area contributed by atoms with E-state index in [2.05, 4.69) is 21.3 Å². The van der Waals surface area contributed by atoms with Crippen LogP contribution in [0.5, 0.6) is 5.75 Å². The lowest BCUT2D eigenvalue weighted by molar-refractivity contribution is -0.134. The number of rotatable bonds is 7. The number of amides is 5. The van der Waals surface area contributed by atoms with Crippen LogP contribution in [0.3, 0.4) is 0 Å². The van der Waals surface area contributed by atoms with Crippen molar-refractivity contribution >= 4 is 29.5 Å². The van der Waals surface area contributed by atoms with Crippen LogP contribution >= 0.6 is 0 Å². The van der Waals surface area contributed by atoms with Gasteiger partial charge in [-0.3, -0.25) is 24.0 Å². The van der Waals surface area contributed by atoms with Crippen molar-refractivity contribution < 1.29 is 29.1 Å². The van der Waals surface area contributed by atoms with Gasteiger partial charge in [-0.1, -0.05) is 42.5 Å². The molecule has 1 heterocycles. The van der Waals surface area contributed by atoms with Crippen LogP contribution in [0.15, 0.2) is 54.6 Å². The number of carbonyl (C=O) groups excluding carboxylic acids is 5. The summed E-state index contributed by atoms with van der Waals surface area (Å²) in [6.45, 7) is 0.175. The van der Waals surface area contributed by atoms with E-state index in [1.807, 2.05) is 0 Å². The number of benzene rings is 2. The first kappa shape index (κ1) is 29.1. The number of phenolic OH excluding ortho intramolecular Hbond substituents is 1. The molecule has 12 heteroatoms. The van der Waals surface area contributed by atoms with Crippen LogP contribution in [-0.4, -0.2) is 65.4 Å². The fourth-order valence-electron chi connectivity index (χ4n) is 4.15. The maximum Gasteiger partial charge on any atom is 0.243 e. The van der Waals surface area contributed by atoms with E-state index >= 15 is 0 Å². The Balaban J connectivity index is 1.80. The van der Waals surface area contributed by atoms with Gasteiger partial charge in [0.2, 0.25) is 29.5 Å². The van der Waals surface area contributed by atoms with Crippen molar-refractivity contribution in [3.63, 3.8) is 0 Å². The summed E-state index contributed by atoms with van der Waals surface area (Å²) >= 11 is 0. The second-order valence-corrected chi connectivity index (χ2v) is 9.45. The zero-order chi connectivity index (χ0) is 28.4. The summed E-state index contributed by atoms with van der Waals surface area (Å²) in [6, 6.07) is 10.6. The first-order chi connectivity index (χ1) is 18.6. The summed E-state index contributed by atoms with van der Waals surface area (Å²) in [4.78, 5) is 63.9. The van der Waals surface area contributed by atoms with Gasteiger partial charge in [0.05, 0.1) is 12.5 Å². The third kappa shape index (κ3) is 9.11. The van der Waals surface area contributed by atoms with Gasteiger partial charge in [0.1, 0.15) is 23.9 Å². The van der Waals surface area contributed by atoms with Crippen LogP contribution < -0.4 is 32.7 Å². The standard InChI is InChI=1S/C27H34N6O6/c28-19(13-17-8-10-18(34)11-9-17)25(37)32-22-15-23(35)30-12-4-7-20(24(29)36)31-26(38)21(33-27(22)39)14-16-5-2-1-3-6-16/h1-3,5-6,8-11,19-22,34H,4,7,12-15,28H2,(H2,29,36)(H,30,35)(H,31,38)(H,32,37)(H,33,39)/t19-,20?,21?,22?/m0/s1. The predicted molar refractivity (Wildman–Crippen MR) is 142 cm³/mol. The van der Waals surface area contributed by atoms with Gasteiger partial charge in [-0.2, -0.15) is 0 Å². The van der Waals surface area contributed by atoms with E-state index in [1.54, 1.807) is 42.5 Å². The molecule has 39 heavy (non-hydrogen) atoms. The summed E-state index contributed by atoms with van der Waals surface area (Å²) in [5.74, 6) is -3.22. The Labute approximate surface area is 225 Å². The van der Waals surface area contributed by atoms with Gasteiger partial charge in [-0.15, -0.1) is 0 Å². The Morgan fingerprint density at radius 1 is 0.974 bits per heavy atom. The van der Waals surface area contributed by atoms with E-state index in [0.29, 0.717) is 12.0 Å². The molecule has 0 aromatic heterocycles. The predicted octanol–water partition coefficient (Wildman–Crippen LogP) is -1.26. The van der Waals surface area contributed by atoms with E-state index < -0.39 is 53.7 Å². The Bertz CT molecular complexity index is 1170. The number of carbonyl (C=O) groups is 5. The van der Waals surface area contributed by atoms with Crippen molar-refractivity contribution in [3.8, 4) is 5.75 Å². The molecular formula is C27H34N6O6. The van der Waals surface area contributed by atoms with Crippen LogP contribution in [0.2, 0.25) is 0 Å². The molecule has 208 valence electrons. The minimum atomic E-state index is -1.32. The van der Waals surface area contributed by atoms with Gasteiger partial charge in [-0.05, 0) is 42.5 Å². The topological polar surface area (TPSA) is 206 Å². The molecule has 0 spiro atoms. The lowest BCUT2D eigenvalue weighted by Gasteiger charge is -2.25. The molecule has 1 fully saturated rings. The molecule has 5 amide bonds. The number of primary amides is 1. The number of hydrogen-bond donors (Lipinski definition) is 7. The van der Waals surface area contributed by atoms with E-state index in [-0.39, 0.29) is 38.0 Å². The number of aromatic hydroxyl groups is 1. The Kier molecular flexibility index (Phi) is 10.4. The van der Waals surface area contributed by atoms with Gasteiger partial charge in [0.25, 0.3) is 0 Å². The first-order valence-corrected chi connectivity index (χ1v) is 12.7. The molecule has 12 nitrogen and oxygen atoms in total. The smallest absolute Gasteiger partial charge is 0.243 e. The van der Waals surface area contributed by atoms with Crippen molar-refractivity contribution in [2.24, 2.45) is 11.5 Å². The quantitative estimate of drug-likeness (QED) is 0.228. The second kappa shape index (κ2) is 13.9. The third-order valence-electron chi connectivity index (χ3n) is 6.32. The summed E-state index contributed by atoms with van der Waals surface area (Å²) in [6.07, 6.45) is 0.373. The summed E-state index contributed by atoms with van der Waals surface area (Å²) < 4.78 is 0. The van der Waals surface area contributed by atoms with Crippen molar-refractivity contribution in [2.75, 3.05) is 6.54 Å². The lowest BCUT2D eigenvalue weighted by Crippen LogP contribution is -2.58. The molecule has 3 rings (SSSR count). The van der Waals surface area contributed by atoms with Crippen molar-refractivity contribution in [2.45, 2.75) is 56.3 Å². The van der Waals surface area contributed by atoms with Crippen molar-refractivity contribution in [1.29, 1.82) is 0 Å². The normalized spacial score (nSPS) is 21.6. The third-order valence-corrected chi connectivity index (χ3v) is 6.32. The second-order valence-electron chi connectivity index (χ2n) is 9.45. The molecule has 1 aliphatic heterocycles. The maximum atomic E-state index is 13.3. The van der Waals surface area contributed by atoms with Gasteiger partial charge < -0.3 is 37.8 Å². The molecule has 0 saturated carbocycles. The molecular weight excluding hydrogens is 504 g/mol. The zero-order valence-electron chi connectivity index (χ0n) is 21.4. The number of nitrogens with one attached hydrogen (secondary N) is 4. The van der Waals surface area contributed by atoms with Gasteiger partial charge in [0.15, 0.2) is 0 Å². The van der Waals surface area contributed by atoms with E-state index in [4.69, 9.17) is 11.5 Å². The van der Waals surface area contributed by atoms with Crippen LogP contribution in [0.1, 0.15) is 30.4 Å². The molecule has 2 aromatic rings. The Morgan fingerprint density at radius 3 is 2.33 bits per heavy atom. The maximum absolute atomic E-state index is 13.3. The lowest BCUT2D eigenvalue weighted by atomic mass is 10.0. The van der Waals surface area contributed by atoms with E-state index in [0.717, 1.165) is 5.56 Å². The number of hydrogen-bond acceptors (Lipinski definition) is 7. The highest BCUT2D eigenvalue weighted by molar-refractivity contribution is 5.96. The van der Waals surface area contributed by atoms with Gasteiger partial charge >= 0.3 is 0 Å². The van der Waals surface area contributed by atoms with Crippen LogP contribution in [0.4, 0.5) is 0 Å². The fourth-order valence-corrected chi connectivity index (χ4v) is 4.15. The molecule has 1 aliphatic rings. The number of nitrogens with two attached hydrogens (primary N) is 2. The number of phenols is 1. The molecule has 0 bridgehead atoms. The van der Waals surface area contributed by atoms with E-state index in [1.165, 1.54) is 12.1 Å². The molecule has 1 saturated heterocycles. The summed E-state index contributed by atoms with van der Waals surface area (Å²) in [5, 5.41) is 19.8. The monoisotopic (exact) mass is 538 g/mol. The molecule has 0 aliphatic carbocycles. The SMILES string of the molecule is NC(=O)C1CCCNC(=O)CC(NC(=O)[C@@H](N)Cc2ccc(O)cc2)C(=O)NC(Cc2ccccc2)C(=O)N1. The summed E-state index contributed by atoms with van der Waals surface area (Å²) in [5.41, 5.74) is 13.0. The highest BCUT2D eigenvalue weighted by Crippen LogP contribution is 2.11. The summed E-state index contributed by atoms with van der Waals surface area (Å²) in [7, 11) is 0. The average Bonchev–Trinajstić information content (AvgIpc) is 2.91.